The SMILES string of the molecule is CSC(=S)Nc1ccc(C)cc1C(=O)/C=C(\O)c1ccc([N+](=O)[O-])cc1. The predicted molar refractivity (Wildman–Crippen MR) is 109 cm³/mol. The van der Waals surface area contributed by atoms with Gasteiger partial charge in [-0.1, -0.05) is 23.8 Å². The average Bonchev–Trinajstić information content (AvgIpc) is 2.62. The zero-order valence-corrected chi connectivity index (χ0v) is 15.7. The van der Waals surface area contributed by atoms with Crippen molar-refractivity contribution in [3.8, 4) is 0 Å². The number of thiocarbonyl (C=S) groups is 1. The molecule has 0 aromatic heterocycles. The number of allylic oxidation sites excluding steroid dienone is 1. The molecule has 0 radical (unpaired) electrons. The van der Waals surface area contributed by atoms with Crippen LogP contribution in [0.3, 0.4) is 0 Å². The molecular formula is C18H16N2O4S2. The number of aliphatic hydroxyl groups is 1. The fraction of sp³-hybridized carbons (Fsp3) is 0.111. The van der Waals surface area contributed by atoms with Crippen molar-refractivity contribution in [2.75, 3.05) is 11.6 Å². The molecule has 0 aliphatic carbocycles. The number of nitrogens with zero attached hydrogens (tertiary/aromatic N) is 1. The molecule has 2 aromatic rings. The first-order valence-electron chi connectivity index (χ1n) is 7.47. The molecule has 0 amide bonds. The number of nitro groups is 1. The van der Waals surface area contributed by atoms with Crippen LogP contribution in [-0.2, 0) is 0 Å². The van der Waals surface area contributed by atoms with E-state index in [0.717, 1.165) is 11.6 Å². The van der Waals surface area contributed by atoms with Gasteiger partial charge in [0.1, 0.15) is 10.1 Å². The van der Waals surface area contributed by atoms with Gasteiger partial charge in [0.2, 0.25) is 0 Å². The van der Waals surface area contributed by atoms with Crippen molar-refractivity contribution < 1.29 is 14.8 Å². The maximum atomic E-state index is 12.6. The van der Waals surface area contributed by atoms with Crippen molar-refractivity contribution in [1.29, 1.82) is 0 Å². The molecule has 2 aromatic carbocycles. The molecular weight excluding hydrogens is 372 g/mol. The first-order valence-corrected chi connectivity index (χ1v) is 9.10. The Labute approximate surface area is 160 Å². The third-order valence-electron chi connectivity index (χ3n) is 3.50. The Bertz CT molecular complexity index is 893. The van der Waals surface area contributed by atoms with Crippen molar-refractivity contribution in [2.24, 2.45) is 0 Å². The van der Waals surface area contributed by atoms with Crippen LogP contribution in [0.4, 0.5) is 11.4 Å². The van der Waals surface area contributed by atoms with Gasteiger partial charge in [0.15, 0.2) is 5.78 Å². The molecule has 0 saturated heterocycles. The van der Waals surface area contributed by atoms with Gasteiger partial charge in [-0.25, -0.2) is 0 Å². The molecule has 0 saturated carbocycles. The molecule has 2 N–H and O–H groups in total. The highest BCUT2D eigenvalue weighted by Crippen LogP contribution is 2.22. The van der Waals surface area contributed by atoms with Crippen LogP contribution in [0.5, 0.6) is 0 Å². The van der Waals surface area contributed by atoms with Crippen molar-refractivity contribution >= 4 is 51.2 Å². The summed E-state index contributed by atoms with van der Waals surface area (Å²) in [4.78, 5) is 22.8. The molecule has 0 aliphatic heterocycles. The number of thioether (sulfide) groups is 1. The average molecular weight is 388 g/mol. The summed E-state index contributed by atoms with van der Waals surface area (Å²) in [5, 5.41) is 23.9. The number of anilines is 1. The van der Waals surface area contributed by atoms with Crippen LogP contribution in [0.15, 0.2) is 48.5 Å². The summed E-state index contributed by atoms with van der Waals surface area (Å²) < 4.78 is 0.520. The molecule has 6 nitrogen and oxygen atoms in total. The largest absolute Gasteiger partial charge is 0.507 e. The van der Waals surface area contributed by atoms with Crippen LogP contribution in [0.2, 0.25) is 0 Å². The second kappa shape index (κ2) is 8.59. The Kier molecular flexibility index (Phi) is 6.48. The van der Waals surface area contributed by atoms with Gasteiger partial charge < -0.3 is 10.4 Å². The van der Waals surface area contributed by atoms with Gasteiger partial charge in [0.25, 0.3) is 5.69 Å². The first-order chi connectivity index (χ1) is 12.3. The highest BCUT2D eigenvalue weighted by Gasteiger charge is 2.13. The number of aryl methyl sites for hydroxylation is 1. The third kappa shape index (κ3) is 4.90. The van der Waals surface area contributed by atoms with Crippen LogP contribution >= 0.6 is 24.0 Å². The summed E-state index contributed by atoms with van der Waals surface area (Å²) in [6, 6.07) is 10.6. The van der Waals surface area contributed by atoms with E-state index in [1.807, 2.05) is 19.2 Å². The minimum atomic E-state index is -0.533. The number of carbonyl (C=O) groups excluding carboxylic acids is 1. The standard InChI is InChI=1S/C18H16N2O4S2/c1-11-3-8-15(19-18(25)26-2)14(9-11)17(22)10-16(21)12-4-6-13(7-5-12)20(23)24/h3-10,21H,1-2H3,(H,19,25)/b16-10-. The van der Waals surface area contributed by atoms with Crippen molar-refractivity contribution in [3.05, 3.63) is 75.3 Å². The van der Waals surface area contributed by atoms with Crippen LogP contribution in [-0.4, -0.2) is 26.4 Å². The summed E-state index contributed by atoms with van der Waals surface area (Å²) in [7, 11) is 0. The second-order valence-corrected chi connectivity index (χ2v) is 6.85. The summed E-state index contributed by atoms with van der Waals surface area (Å²) in [5.41, 5.74) is 2.02. The highest BCUT2D eigenvalue weighted by molar-refractivity contribution is 8.22. The smallest absolute Gasteiger partial charge is 0.269 e. The van der Waals surface area contributed by atoms with E-state index in [9.17, 15) is 20.0 Å². The zero-order chi connectivity index (χ0) is 19.3. The molecule has 134 valence electrons. The lowest BCUT2D eigenvalue weighted by Gasteiger charge is -2.11. The van der Waals surface area contributed by atoms with Gasteiger partial charge in [-0.2, -0.15) is 0 Å². The highest BCUT2D eigenvalue weighted by atomic mass is 32.2. The first kappa shape index (κ1) is 19.6. The number of aliphatic hydroxyl groups excluding tert-OH is 1. The molecule has 8 heteroatoms. The number of non-ortho nitro benzene ring substituents is 1. The van der Waals surface area contributed by atoms with E-state index in [-0.39, 0.29) is 11.4 Å². The van der Waals surface area contributed by atoms with E-state index in [1.165, 1.54) is 36.0 Å². The number of ketones is 1. The quantitative estimate of drug-likeness (QED) is 0.191. The van der Waals surface area contributed by atoms with E-state index < -0.39 is 10.7 Å². The number of hydrogen-bond acceptors (Lipinski definition) is 6. The number of benzene rings is 2. The summed E-state index contributed by atoms with van der Waals surface area (Å²) in [6.45, 7) is 1.85. The van der Waals surface area contributed by atoms with E-state index in [2.05, 4.69) is 5.32 Å². The van der Waals surface area contributed by atoms with Gasteiger partial charge in [0.05, 0.1) is 10.6 Å². The second-order valence-electron chi connectivity index (χ2n) is 5.36. The van der Waals surface area contributed by atoms with Gasteiger partial charge in [-0.05, 0) is 37.4 Å². The lowest BCUT2D eigenvalue weighted by molar-refractivity contribution is -0.384. The van der Waals surface area contributed by atoms with E-state index in [0.29, 0.717) is 21.1 Å². The van der Waals surface area contributed by atoms with Crippen LogP contribution in [0.1, 0.15) is 21.5 Å². The van der Waals surface area contributed by atoms with Gasteiger partial charge >= 0.3 is 0 Å². The van der Waals surface area contributed by atoms with Crippen molar-refractivity contribution in [3.63, 3.8) is 0 Å². The van der Waals surface area contributed by atoms with Gasteiger partial charge in [-0.15, -0.1) is 11.8 Å². The molecule has 0 fully saturated rings. The molecule has 26 heavy (non-hydrogen) atoms. The van der Waals surface area contributed by atoms with Gasteiger partial charge in [-0.3, -0.25) is 14.9 Å². The third-order valence-corrected chi connectivity index (χ3v) is 4.58. The number of nitro benzene ring substituents is 1. The molecule has 0 aliphatic rings. The lowest BCUT2D eigenvalue weighted by atomic mass is 10.0. The Morgan fingerprint density at radius 2 is 1.92 bits per heavy atom. The molecule has 0 unspecified atom stereocenters. The number of rotatable bonds is 5. The Morgan fingerprint density at radius 3 is 2.50 bits per heavy atom. The van der Waals surface area contributed by atoms with Crippen molar-refractivity contribution in [2.45, 2.75) is 6.92 Å². The molecule has 0 heterocycles. The lowest BCUT2D eigenvalue weighted by Crippen LogP contribution is -2.09. The molecule has 0 atom stereocenters. The summed E-state index contributed by atoms with van der Waals surface area (Å²) >= 11 is 6.48. The van der Waals surface area contributed by atoms with E-state index in [1.54, 1.807) is 12.1 Å². The zero-order valence-electron chi connectivity index (χ0n) is 14.1. The maximum Gasteiger partial charge on any atom is 0.269 e. The monoisotopic (exact) mass is 388 g/mol. The molecule has 2 rings (SSSR count). The molecule has 0 spiro atoms. The van der Waals surface area contributed by atoms with Crippen LogP contribution in [0.25, 0.3) is 5.76 Å². The van der Waals surface area contributed by atoms with Crippen LogP contribution < -0.4 is 5.32 Å². The fourth-order valence-corrected chi connectivity index (χ4v) is 2.49. The minimum absolute atomic E-state index is 0.0939. The van der Waals surface area contributed by atoms with E-state index >= 15 is 0 Å². The van der Waals surface area contributed by atoms with E-state index in [4.69, 9.17) is 12.2 Å². The Hall–Kier alpha value is -2.71. The van der Waals surface area contributed by atoms with Crippen LogP contribution in [0, 0.1) is 17.0 Å². The fourth-order valence-electron chi connectivity index (χ4n) is 2.17. The summed E-state index contributed by atoms with van der Waals surface area (Å²) in [6.07, 6.45) is 2.91. The number of carbonyl (C=O) groups is 1. The molecule has 0 bridgehead atoms. The van der Waals surface area contributed by atoms with Crippen molar-refractivity contribution in [1.82, 2.24) is 0 Å². The normalized spacial score (nSPS) is 11.1. The Balaban J connectivity index is 2.33. The predicted octanol–water partition coefficient (Wildman–Crippen LogP) is 4.74. The number of nitrogens with one attached hydrogen (secondary N) is 1. The van der Waals surface area contributed by atoms with Gasteiger partial charge in [0, 0.05) is 29.3 Å². The number of hydrogen-bond donors (Lipinski definition) is 2. The topological polar surface area (TPSA) is 92.5 Å². The minimum Gasteiger partial charge on any atom is -0.507 e. The maximum absolute atomic E-state index is 12.6. The summed E-state index contributed by atoms with van der Waals surface area (Å²) in [5.74, 6) is -0.680. The Morgan fingerprint density at radius 1 is 1.27 bits per heavy atom.